The largest absolute Gasteiger partial charge is 0.291 e. The molecule has 0 fully saturated rings. The molecular formula is C16H17ClN6O. The van der Waals surface area contributed by atoms with Gasteiger partial charge in [-0.2, -0.15) is 5.10 Å². The highest BCUT2D eigenvalue weighted by molar-refractivity contribution is 6.31. The number of carbonyl (C=O) groups is 1. The number of benzene rings is 1. The van der Waals surface area contributed by atoms with Crippen LogP contribution in [0.3, 0.4) is 0 Å². The Hall–Kier alpha value is -2.67. The van der Waals surface area contributed by atoms with Crippen LogP contribution in [0.2, 0.25) is 5.02 Å². The Morgan fingerprint density at radius 2 is 2.08 bits per heavy atom. The van der Waals surface area contributed by atoms with Crippen molar-refractivity contribution < 1.29 is 4.79 Å². The first kappa shape index (κ1) is 16.2. The number of amides is 1. The molecule has 0 spiro atoms. The zero-order valence-corrected chi connectivity index (χ0v) is 14.1. The van der Waals surface area contributed by atoms with E-state index in [1.54, 1.807) is 22.6 Å². The predicted molar refractivity (Wildman–Crippen MR) is 90.9 cm³/mol. The molecule has 24 heavy (non-hydrogen) atoms. The summed E-state index contributed by atoms with van der Waals surface area (Å²) in [6.07, 6.45) is 3.11. The van der Waals surface area contributed by atoms with Crippen molar-refractivity contribution in [3.63, 3.8) is 0 Å². The number of aromatic nitrogens is 5. The van der Waals surface area contributed by atoms with Gasteiger partial charge in [0.1, 0.15) is 12.4 Å². The molecule has 0 bridgehead atoms. The highest BCUT2D eigenvalue weighted by atomic mass is 35.5. The van der Waals surface area contributed by atoms with Crippen LogP contribution in [-0.4, -0.2) is 30.5 Å². The summed E-state index contributed by atoms with van der Waals surface area (Å²) in [5.74, 6) is 0.00835. The quantitative estimate of drug-likeness (QED) is 0.772. The summed E-state index contributed by atoms with van der Waals surface area (Å²) in [5.41, 5.74) is 1.84. The maximum absolute atomic E-state index is 12.3. The molecule has 1 amide bonds. The van der Waals surface area contributed by atoms with E-state index in [1.165, 1.54) is 6.20 Å². The lowest BCUT2D eigenvalue weighted by Crippen LogP contribution is -2.25. The van der Waals surface area contributed by atoms with Crippen molar-refractivity contribution in [1.29, 1.82) is 0 Å². The fourth-order valence-electron chi connectivity index (χ4n) is 2.32. The van der Waals surface area contributed by atoms with Gasteiger partial charge < -0.3 is 0 Å². The zero-order valence-electron chi connectivity index (χ0n) is 13.3. The van der Waals surface area contributed by atoms with E-state index in [-0.39, 0.29) is 11.9 Å². The molecule has 0 saturated carbocycles. The van der Waals surface area contributed by atoms with E-state index in [9.17, 15) is 4.79 Å². The predicted octanol–water partition coefficient (Wildman–Crippen LogP) is 2.68. The fourth-order valence-corrected chi connectivity index (χ4v) is 2.45. The highest BCUT2D eigenvalue weighted by Crippen LogP contribution is 2.18. The van der Waals surface area contributed by atoms with Gasteiger partial charge in [-0.1, -0.05) is 41.9 Å². The third kappa shape index (κ3) is 3.46. The second-order valence-electron chi connectivity index (χ2n) is 5.44. The number of hydrogen-bond donors (Lipinski definition) is 1. The van der Waals surface area contributed by atoms with Crippen LogP contribution in [0.1, 0.15) is 24.2 Å². The van der Waals surface area contributed by atoms with E-state index in [1.807, 2.05) is 37.3 Å². The van der Waals surface area contributed by atoms with Gasteiger partial charge in [0.05, 0.1) is 23.5 Å². The number of halogens is 1. The van der Waals surface area contributed by atoms with Crippen LogP contribution in [0.25, 0.3) is 0 Å². The molecule has 0 aliphatic rings. The summed E-state index contributed by atoms with van der Waals surface area (Å²) in [4.78, 5) is 16.5. The summed E-state index contributed by atoms with van der Waals surface area (Å²) in [7, 11) is 0. The Balaban J connectivity index is 1.66. The topological polar surface area (TPSA) is 77.6 Å². The SMILES string of the molecule is Cc1c(Cl)cnn1C(C)C(=O)Nc1ncn(Cc2ccccc2)n1. The van der Waals surface area contributed by atoms with E-state index >= 15 is 0 Å². The molecule has 0 aliphatic heterocycles. The molecule has 3 rings (SSSR count). The minimum absolute atomic E-state index is 0.254. The van der Waals surface area contributed by atoms with E-state index < -0.39 is 6.04 Å². The third-order valence-electron chi connectivity index (χ3n) is 3.69. The number of anilines is 1. The van der Waals surface area contributed by atoms with Crippen molar-refractivity contribution in [1.82, 2.24) is 24.5 Å². The minimum Gasteiger partial charge on any atom is -0.291 e. The van der Waals surface area contributed by atoms with E-state index in [0.29, 0.717) is 11.6 Å². The molecule has 0 radical (unpaired) electrons. The molecule has 1 unspecified atom stereocenters. The second-order valence-corrected chi connectivity index (χ2v) is 5.85. The Bertz CT molecular complexity index is 841. The number of hydrogen-bond acceptors (Lipinski definition) is 4. The van der Waals surface area contributed by atoms with Gasteiger partial charge in [0.2, 0.25) is 5.95 Å². The Labute approximate surface area is 144 Å². The monoisotopic (exact) mass is 344 g/mol. The molecule has 1 N–H and O–H groups in total. The van der Waals surface area contributed by atoms with Gasteiger partial charge in [-0.15, -0.1) is 5.10 Å². The van der Waals surface area contributed by atoms with Gasteiger partial charge in [0.25, 0.3) is 5.91 Å². The Morgan fingerprint density at radius 3 is 2.75 bits per heavy atom. The average molecular weight is 345 g/mol. The molecule has 2 heterocycles. The van der Waals surface area contributed by atoms with Gasteiger partial charge in [-0.05, 0) is 19.4 Å². The first-order valence-corrected chi connectivity index (χ1v) is 7.86. The maximum Gasteiger partial charge on any atom is 0.251 e. The molecule has 1 aromatic carbocycles. The molecular weight excluding hydrogens is 328 g/mol. The number of rotatable bonds is 5. The molecule has 0 aliphatic carbocycles. The van der Waals surface area contributed by atoms with Crippen molar-refractivity contribution in [2.75, 3.05) is 5.32 Å². The Kier molecular flexibility index (Phi) is 4.61. The van der Waals surface area contributed by atoms with Crippen LogP contribution in [0.5, 0.6) is 0 Å². The molecule has 0 saturated heterocycles. The van der Waals surface area contributed by atoms with Crippen LogP contribution in [0.4, 0.5) is 5.95 Å². The van der Waals surface area contributed by atoms with Crippen molar-refractivity contribution >= 4 is 23.5 Å². The van der Waals surface area contributed by atoms with Crippen LogP contribution >= 0.6 is 11.6 Å². The molecule has 7 nitrogen and oxygen atoms in total. The number of nitrogens with one attached hydrogen (secondary N) is 1. The summed E-state index contributed by atoms with van der Waals surface area (Å²) >= 11 is 5.98. The lowest BCUT2D eigenvalue weighted by Gasteiger charge is -2.12. The van der Waals surface area contributed by atoms with E-state index in [4.69, 9.17) is 11.6 Å². The van der Waals surface area contributed by atoms with Crippen LogP contribution < -0.4 is 5.32 Å². The summed E-state index contributed by atoms with van der Waals surface area (Å²) in [6, 6.07) is 9.39. The second kappa shape index (κ2) is 6.84. The smallest absolute Gasteiger partial charge is 0.251 e. The van der Waals surface area contributed by atoms with Crippen molar-refractivity contribution in [2.45, 2.75) is 26.4 Å². The van der Waals surface area contributed by atoms with Crippen LogP contribution in [0.15, 0.2) is 42.9 Å². The normalized spacial score (nSPS) is 12.1. The van der Waals surface area contributed by atoms with Gasteiger partial charge >= 0.3 is 0 Å². The number of carbonyl (C=O) groups excluding carboxylic acids is 1. The molecule has 3 aromatic rings. The molecule has 124 valence electrons. The fraction of sp³-hybridized carbons (Fsp3) is 0.250. The van der Waals surface area contributed by atoms with Crippen molar-refractivity contribution in [3.05, 3.63) is 59.1 Å². The molecule has 8 heteroatoms. The lowest BCUT2D eigenvalue weighted by atomic mass is 10.2. The summed E-state index contributed by atoms with van der Waals surface area (Å²) < 4.78 is 3.24. The maximum atomic E-state index is 12.3. The summed E-state index contributed by atoms with van der Waals surface area (Å²) in [5, 5.41) is 11.6. The van der Waals surface area contributed by atoms with Crippen LogP contribution in [0, 0.1) is 6.92 Å². The van der Waals surface area contributed by atoms with E-state index in [2.05, 4.69) is 20.5 Å². The van der Waals surface area contributed by atoms with Gasteiger partial charge in [-0.3, -0.25) is 14.8 Å². The van der Waals surface area contributed by atoms with Crippen molar-refractivity contribution in [3.8, 4) is 0 Å². The van der Waals surface area contributed by atoms with Crippen molar-refractivity contribution in [2.24, 2.45) is 0 Å². The van der Waals surface area contributed by atoms with Gasteiger partial charge in [0.15, 0.2) is 0 Å². The van der Waals surface area contributed by atoms with E-state index in [0.717, 1.165) is 11.3 Å². The molecule has 1 atom stereocenters. The third-order valence-corrected chi connectivity index (χ3v) is 4.06. The summed E-state index contributed by atoms with van der Waals surface area (Å²) in [6.45, 7) is 4.14. The minimum atomic E-state index is -0.515. The zero-order chi connectivity index (χ0) is 17.1. The molecule has 2 aromatic heterocycles. The Morgan fingerprint density at radius 1 is 1.33 bits per heavy atom. The van der Waals surface area contributed by atoms with Gasteiger partial charge in [0, 0.05) is 0 Å². The standard InChI is InChI=1S/C16H17ClN6O/c1-11-14(17)8-19-23(11)12(2)15(24)20-16-18-10-22(21-16)9-13-6-4-3-5-7-13/h3-8,10,12H,9H2,1-2H3,(H,20,21,24). The van der Waals surface area contributed by atoms with Crippen LogP contribution in [-0.2, 0) is 11.3 Å². The van der Waals surface area contributed by atoms with Gasteiger partial charge in [-0.25, -0.2) is 9.67 Å². The number of nitrogens with zero attached hydrogens (tertiary/aromatic N) is 5. The first-order chi connectivity index (χ1) is 11.5. The first-order valence-electron chi connectivity index (χ1n) is 7.48. The average Bonchev–Trinajstić information content (AvgIpc) is 3.15. The highest BCUT2D eigenvalue weighted by Gasteiger charge is 2.20. The lowest BCUT2D eigenvalue weighted by molar-refractivity contribution is -0.119.